The fourth-order valence-corrected chi connectivity index (χ4v) is 2.47. The molecule has 0 bridgehead atoms. The van der Waals surface area contributed by atoms with Gasteiger partial charge in [-0.2, -0.15) is 0 Å². The van der Waals surface area contributed by atoms with Crippen molar-refractivity contribution in [3.05, 3.63) is 40.4 Å². The van der Waals surface area contributed by atoms with Gasteiger partial charge in [-0.15, -0.1) is 0 Å². The summed E-state index contributed by atoms with van der Waals surface area (Å²) in [5.41, 5.74) is 2.51. The molecule has 0 aliphatic heterocycles. The maximum absolute atomic E-state index is 11.7. The number of hydrogen-bond acceptors (Lipinski definition) is 3. The molecular formula is C12H11BrN2O2. The van der Waals surface area contributed by atoms with Crippen molar-refractivity contribution in [3.63, 3.8) is 0 Å². The zero-order chi connectivity index (χ0) is 12.4. The molecule has 1 amide bonds. The summed E-state index contributed by atoms with van der Waals surface area (Å²) in [4.78, 5) is 11.7. The van der Waals surface area contributed by atoms with Crippen LogP contribution >= 0.6 is 15.9 Å². The zero-order valence-electron chi connectivity index (χ0n) is 9.16. The summed E-state index contributed by atoms with van der Waals surface area (Å²) in [7, 11) is 1.52. The fraction of sp³-hybridized carbons (Fsp3) is 0.0833. The van der Waals surface area contributed by atoms with Crippen LogP contribution in [0.3, 0.4) is 0 Å². The van der Waals surface area contributed by atoms with Crippen LogP contribution in [-0.4, -0.2) is 13.0 Å². The minimum absolute atomic E-state index is 0.381. The highest BCUT2D eigenvalue weighted by Gasteiger charge is 2.16. The van der Waals surface area contributed by atoms with Crippen LogP contribution in [0.2, 0.25) is 0 Å². The Morgan fingerprint density at radius 1 is 1.41 bits per heavy atom. The number of amides is 1. The lowest BCUT2D eigenvalue weighted by molar-refractivity contribution is 0.0950. The average Bonchev–Trinajstić information content (AvgIpc) is 2.37. The van der Waals surface area contributed by atoms with Crippen molar-refractivity contribution in [2.24, 2.45) is 5.84 Å². The normalized spacial score (nSPS) is 10.3. The van der Waals surface area contributed by atoms with Crippen LogP contribution in [-0.2, 0) is 0 Å². The first-order valence-corrected chi connectivity index (χ1v) is 5.74. The topological polar surface area (TPSA) is 64.3 Å². The van der Waals surface area contributed by atoms with Crippen molar-refractivity contribution in [3.8, 4) is 5.75 Å². The first-order chi connectivity index (χ1) is 8.19. The van der Waals surface area contributed by atoms with Crippen molar-refractivity contribution in [1.82, 2.24) is 5.43 Å². The third-order valence-electron chi connectivity index (χ3n) is 2.52. The number of hydrogen-bond donors (Lipinski definition) is 2. The number of nitrogens with one attached hydrogen (secondary N) is 1. The standard InChI is InChI=1S/C12H11BrN2O2/c1-17-11-9(12(16)15-14)6-7-4-2-3-5-8(7)10(11)13/h2-6H,14H2,1H3,(H,15,16). The summed E-state index contributed by atoms with van der Waals surface area (Å²) >= 11 is 3.44. The van der Waals surface area contributed by atoms with Crippen molar-refractivity contribution in [2.45, 2.75) is 0 Å². The van der Waals surface area contributed by atoms with E-state index in [9.17, 15) is 4.79 Å². The number of nitrogen functional groups attached to an aromatic ring is 1. The Balaban J connectivity index is 2.79. The van der Waals surface area contributed by atoms with Crippen LogP contribution in [0.15, 0.2) is 34.8 Å². The Morgan fingerprint density at radius 2 is 2.12 bits per heavy atom. The van der Waals surface area contributed by atoms with Crippen LogP contribution < -0.4 is 16.0 Å². The molecule has 3 N–H and O–H groups in total. The lowest BCUT2D eigenvalue weighted by Gasteiger charge is -2.12. The molecule has 5 heteroatoms. The van der Waals surface area contributed by atoms with E-state index in [0.717, 1.165) is 15.2 Å². The molecule has 2 rings (SSSR count). The van der Waals surface area contributed by atoms with E-state index in [0.29, 0.717) is 11.3 Å². The van der Waals surface area contributed by atoms with Gasteiger partial charge in [0.25, 0.3) is 5.91 Å². The van der Waals surface area contributed by atoms with E-state index < -0.39 is 0 Å². The number of carbonyl (C=O) groups excluding carboxylic acids is 1. The monoisotopic (exact) mass is 294 g/mol. The summed E-state index contributed by atoms with van der Waals surface area (Å²) < 4.78 is 5.99. The Labute approximate surface area is 107 Å². The van der Waals surface area contributed by atoms with E-state index in [1.165, 1.54) is 7.11 Å². The van der Waals surface area contributed by atoms with Gasteiger partial charge in [-0.25, -0.2) is 5.84 Å². The maximum atomic E-state index is 11.7. The van der Waals surface area contributed by atoms with E-state index in [2.05, 4.69) is 21.4 Å². The highest BCUT2D eigenvalue weighted by molar-refractivity contribution is 9.10. The number of hydrazine groups is 1. The number of ether oxygens (including phenoxy) is 1. The molecule has 0 heterocycles. The van der Waals surface area contributed by atoms with E-state index in [1.54, 1.807) is 6.07 Å². The largest absolute Gasteiger partial charge is 0.495 e. The van der Waals surface area contributed by atoms with Gasteiger partial charge in [0.1, 0.15) is 5.75 Å². The van der Waals surface area contributed by atoms with Crippen LogP contribution in [0.5, 0.6) is 5.75 Å². The first kappa shape index (κ1) is 11.9. The molecule has 0 aromatic heterocycles. The molecule has 0 radical (unpaired) electrons. The fourth-order valence-electron chi connectivity index (χ4n) is 1.73. The zero-order valence-corrected chi connectivity index (χ0v) is 10.7. The highest BCUT2D eigenvalue weighted by atomic mass is 79.9. The lowest BCUT2D eigenvalue weighted by Crippen LogP contribution is -2.30. The maximum Gasteiger partial charge on any atom is 0.269 e. The Hall–Kier alpha value is -1.59. The molecule has 0 saturated heterocycles. The van der Waals surface area contributed by atoms with Gasteiger partial charge in [0.05, 0.1) is 17.1 Å². The number of fused-ring (bicyclic) bond motifs is 1. The minimum Gasteiger partial charge on any atom is -0.495 e. The van der Waals surface area contributed by atoms with Crippen molar-refractivity contribution in [2.75, 3.05) is 7.11 Å². The second-order valence-electron chi connectivity index (χ2n) is 3.47. The van der Waals surface area contributed by atoms with Gasteiger partial charge >= 0.3 is 0 Å². The van der Waals surface area contributed by atoms with Gasteiger partial charge in [0, 0.05) is 0 Å². The number of nitrogens with two attached hydrogens (primary N) is 1. The van der Waals surface area contributed by atoms with Crippen molar-refractivity contribution in [1.29, 1.82) is 0 Å². The summed E-state index contributed by atoms with van der Waals surface area (Å²) in [5.74, 6) is 5.25. The Bertz CT molecular complexity index is 584. The quantitative estimate of drug-likeness (QED) is 0.507. The predicted octanol–water partition coefficient (Wildman–Crippen LogP) is 2.21. The number of benzene rings is 2. The second-order valence-corrected chi connectivity index (χ2v) is 4.26. The lowest BCUT2D eigenvalue weighted by atomic mass is 10.1. The smallest absolute Gasteiger partial charge is 0.269 e. The minimum atomic E-state index is -0.381. The van der Waals surface area contributed by atoms with Crippen LogP contribution in [0.1, 0.15) is 10.4 Å². The molecule has 17 heavy (non-hydrogen) atoms. The van der Waals surface area contributed by atoms with Crippen molar-refractivity contribution >= 4 is 32.6 Å². The summed E-state index contributed by atoms with van der Waals surface area (Å²) in [6, 6.07) is 9.46. The SMILES string of the molecule is COc1c(C(=O)NN)cc2ccccc2c1Br. The first-order valence-electron chi connectivity index (χ1n) is 4.95. The molecule has 2 aromatic carbocycles. The molecule has 0 aliphatic rings. The molecule has 2 aromatic rings. The highest BCUT2D eigenvalue weighted by Crippen LogP contribution is 2.36. The summed E-state index contributed by atoms with van der Waals surface area (Å²) in [6.07, 6.45) is 0. The summed E-state index contributed by atoms with van der Waals surface area (Å²) in [6.45, 7) is 0. The van der Waals surface area contributed by atoms with Crippen LogP contribution in [0, 0.1) is 0 Å². The Morgan fingerprint density at radius 3 is 2.76 bits per heavy atom. The van der Waals surface area contributed by atoms with Gasteiger partial charge in [-0.05, 0) is 32.8 Å². The molecule has 0 saturated carbocycles. The third-order valence-corrected chi connectivity index (χ3v) is 3.31. The van der Waals surface area contributed by atoms with E-state index >= 15 is 0 Å². The number of carbonyl (C=O) groups is 1. The molecule has 88 valence electrons. The van der Waals surface area contributed by atoms with Crippen molar-refractivity contribution < 1.29 is 9.53 Å². The van der Waals surface area contributed by atoms with Gasteiger partial charge in [-0.3, -0.25) is 10.2 Å². The molecule has 0 fully saturated rings. The van der Waals surface area contributed by atoms with Gasteiger partial charge in [0.2, 0.25) is 0 Å². The van der Waals surface area contributed by atoms with Gasteiger partial charge in [0.15, 0.2) is 0 Å². The molecule has 4 nitrogen and oxygen atoms in total. The third kappa shape index (κ3) is 1.99. The second kappa shape index (κ2) is 4.73. The molecule has 0 spiro atoms. The van der Waals surface area contributed by atoms with Crippen LogP contribution in [0.25, 0.3) is 10.8 Å². The van der Waals surface area contributed by atoms with E-state index in [1.807, 2.05) is 24.3 Å². The van der Waals surface area contributed by atoms with E-state index in [4.69, 9.17) is 10.6 Å². The molecular weight excluding hydrogens is 284 g/mol. The average molecular weight is 295 g/mol. The predicted molar refractivity (Wildman–Crippen MR) is 69.9 cm³/mol. The summed E-state index contributed by atoms with van der Waals surface area (Å²) in [5, 5.41) is 1.93. The molecule has 0 atom stereocenters. The van der Waals surface area contributed by atoms with Crippen LogP contribution in [0.4, 0.5) is 0 Å². The number of halogens is 1. The molecule has 0 unspecified atom stereocenters. The van der Waals surface area contributed by atoms with Gasteiger partial charge in [-0.1, -0.05) is 24.3 Å². The van der Waals surface area contributed by atoms with E-state index in [-0.39, 0.29) is 5.91 Å². The Kier molecular flexibility index (Phi) is 3.31. The molecule has 0 aliphatic carbocycles. The van der Waals surface area contributed by atoms with Gasteiger partial charge < -0.3 is 4.74 Å². The number of rotatable bonds is 2. The number of methoxy groups -OCH3 is 1.